The van der Waals surface area contributed by atoms with Crippen LogP contribution < -0.4 is 15.5 Å². The quantitative estimate of drug-likeness (QED) is 0.409. The zero-order chi connectivity index (χ0) is 22.0. The summed E-state index contributed by atoms with van der Waals surface area (Å²) in [6.07, 6.45) is -3.84. The fraction of sp³-hybridized carbons (Fsp3) is 0.300. The Morgan fingerprint density at radius 1 is 1.16 bits per heavy atom. The first kappa shape index (κ1) is 23.4. The lowest BCUT2D eigenvalue weighted by atomic mass is 10.2. The number of H-pyrrole nitrogens is 1. The van der Waals surface area contributed by atoms with Crippen LogP contribution in [0.4, 0.5) is 36.3 Å². The van der Waals surface area contributed by atoms with E-state index < -0.39 is 12.1 Å². The van der Waals surface area contributed by atoms with E-state index in [1.807, 2.05) is 24.4 Å². The van der Waals surface area contributed by atoms with Gasteiger partial charge in [0.25, 0.3) is 0 Å². The molecule has 0 spiro atoms. The number of carbonyl (C=O) groups is 1. The van der Waals surface area contributed by atoms with Crippen molar-refractivity contribution in [3.05, 3.63) is 42.1 Å². The van der Waals surface area contributed by atoms with Gasteiger partial charge in [0.1, 0.15) is 11.6 Å². The summed E-state index contributed by atoms with van der Waals surface area (Å²) in [7, 11) is 0. The molecule has 1 aliphatic rings. The van der Waals surface area contributed by atoms with Gasteiger partial charge in [0.15, 0.2) is 11.0 Å². The second-order valence-corrected chi connectivity index (χ2v) is 7.91. The summed E-state index contributed by atoms with van der Waals surface area (Å²) in [5, 5.41) is 12.5. The van der Waals surface area contributed by atoms with E-state index in [9.17, 15) is 18.0 Å². The highest BCUT2D eigenvalue weighted by atomic mass is 32.2. The van der Waals surface area contributed by atoms with E-state index in [1.165, 1.54) is 23.9 Å². The summed E-state index contributed by atoms with van der Waals surface area (Å²) in [6.45, 7) is 3.72. The van der Waals surface area contributed by atoms with Gasteiger partial charge in [-0.05, 0) is 49.4 Å². The average Bonchev–Trinajstić information content (AvgIpc) is 3.05. The predicted molar refractivity (Wildman–Crippen MR) is 124 cm³/mol. The van der Waals surface area contributed by atoms with Crippen LogP contribution in [0.5, 0.6) is 0 Å². The van der Waals surface area contributed by atoms with Crippen molar-refractivity contribution in [1.82, 2.24) is 20.2 Å². The van der Waals surface area contributed by atoms with Crippen LogP contribution >= 0.6 is 11.8 Å². The number of aryl methyl sites for hydroxylation is 1. The third-order valence-corrected chi connectivity index (χ3v) is 5.29. The van der Waals surface area contributed by atoms with Crippen LogP contribution in [0.25, 0.3) is 0 Å². The number of halogens is 3. The number of benzene rings is 1. The van der Waals surface area contributed by atoms with Crippen LogP contribution in [0.1, 0.15) is 23.8 Å². The van der Waals surface area contributed by atoms with Gasteiger partial charge < -0.3 is 15.5 Å². The Kier molecular flexibility index (Phi) is 6.92. The molecule has 1 amide bonds. The first-order chi connectivity index (χ1) is 14.8. The molecule has 1 saturated heterocycles. The Hall–Kier alpha value is -3.28. The standard InChI is InChI=1S/C19H18F3N7OS.CH4.3H2/c1-11-9-15(28-27-11)24-14-10-16(29-7-2-8-29)26-18(25-14)31-13-5-3-12(4-6-13)23-17(30)19(20,21)22;;;;/h3-6,9-10H,2,7-8H2,1H3,(H,23,30)(H2,24,25,26,27,28);1H4;3*1H. The molecule has 2 aromatic heterocycles. The van der Waals surface area contributed by atoms with Gasteiger partial charge in [-0.15, -0.1) is 0 Å². The summed E-state index contributed by atoms with van der Waals surface area (Å²) in [5.74, 6) is -0.0122. The first-order valence-electron chi connectivity index (χ1n) is 9.35. The fourth-order valence-electron chi connectivity index (χ4n) is 2.76. The van der Waals surface area contributed by atoms with Crippen molar-refractivity contribution >= 4 is 40.8 Å². The number of rotatable bonds is 6. The number of hydrogen-bond acceptors (Lipinski definition) is 7. The Bertz CT molecular complexity index is 1100. The van der Waals surface area contributed by atoms with Gasteiger partial charge in [-0.3, -0.25) is 9.89 Å². The Balaban J connectivity index is 0.00000289. The van der Waals surface area contributed by atoms with Crippen molar-refractivity contribution in [3.8, 4) is 0 Å². The second-order valence-electron chi connectivity index (χ2n) is 6.87. The molecule has 0 unspecified atom stereocenters. The van der Waals surface area contributed by atoms with E-state index in [4.69, 9.17) is 0 Å². The van der Waals surface area contributed by atoms with E-state index >= 15 is 0 Å². The lowest BCUT2D eigenvalue weighted by Gasteiger charge is -2.32. The minimum absolute atomic E-state index is 0. The molecule has 0 aliphatic carbocycles. The van der Waals surface area contributed by atoms with Gasteiger partial charge in [-0.1, -0.05) is 7.43 Å². The zero-order valence-corrected chi connectivity index (χ0v) is 17.1. The number of amides is 1. The molecular weight excluding hydrogens is 443 g/mol. The third-order valence-electron chi connectivity index (χ3n) is 4.41. The summed E-state index contributed by atoms with van der Waals surface area (Å²) in [4.78, 5) is 23.0. The molecule has 1 aliphatic heterocycles. The van der Waals surface area contributed by atoms with Crippen LogP contribution in [0.15, 0.2) is 46.5 Å². The molecule has 1 fully saturated rings. The minimum atomic E-state index is -4.94. The monoisotopic (exact) mass is 471 g/mol. The van der Waals surface area contributed by atoms with Gasteiger partial charge in [0.2, 0.25) is 0 Å². The van der Waals surface area contributed by atoms with Gasteiger partial charge in [0, 0.05) is 45.8 Å². The van der Waals surface area contributed by atoms with Gasteiger partial charge in [-0.25, -0.2) is 9.97 Å². The summed E-state index contributed by atoms with van der Waals surface area (Å²) in [5.41, 5.74) is 0.963. The highest BCUT2D eigenvalue weighted by molar-refractivity contribution is 7.99. The number of hydrogen-bond donors (Lipinski definition) is 3. The molecule has 176 valence electrons. The van der Waals surface area contributed by atoms with E-state index in [0.717, 1.165) is 31.0 Å². The summed E-state index contributed by atoms with van der Waals surface area (Å²) >= 11 is 1.26. The highest BCUT2D eigenvalue weighted by Crippen LogP contribution is 2.31. The molecule has 3 N–H and O–H groups in total. The number of alkyl halides is 3. The van der Waals surface area contributed by atoms with Crippen molar-refractivity contribution in [1.29, 1.82) is 0 Å². The largest absolute Gasteiger partial charge is 0.471 e. The molecule has 12 heteroatoms. The SMILES string of the molecule is C.Cc1cc(Nc2cc(N3CCC3)nc(Sc3ccc(NC(=O)C(F)(F)F)cc3)n2)n[nH]1.[HH].[HH].[HH]. The molecule has 1 aromatic carbocycles. The Morgan fingerprint density at radius 3 is 2.44 bits per heavy atom. The number of aromatic amines is 1. The number of aromatic nitrogens is 4. The zero-order valence-electron chi connectivity index (χ0n) is 16.3. The molecule has 0 radical (unpaired) electrons. The highest BCUT2D eigenvalue weighted by Gasteiger charge is 2.38. The maximum atomic E-state index is 12.4. The van der Waals surface area contributed by atoms with Gasteiger partial charge in [0.05, 0.1) is 0 Å². The molecule has 3 aromatic rings. The van der Waals surface area contributed by atoms with Crippen molar-refractivity contribution in [2.45, 2.75) is 37.0 Å². The van der Waals surface area contributed by atoms with Gasteiger partial charge in [-0.2, -0.15) is 18.3 Å². The van der Waals surface area contributed by atoms with E-state index in [0.29, 0.717) is 21.7 Å². The molecule has 0 bridgehead atoms. The van der Waals surface area contributed by atoms with Crippen molar-refractivity contribution in [2.24, 2.45) is 0 Å². The summed E-state index contributed by atoms with van der Waals surface area (Å²) < 4.78 is 37.2. The van der Waals surface area contributed by atoms with Crippen LogP contribution in [-0.2, 0) is 4.79 Å². The molecule has 0 atom stereocenters. The molecule has 4 rings (SSSR count). The fourth-order valence-corrected chi connectivity index (χ4v) is 3.52. The van der Waals surface area contributed by atoms with Crippen LogP contribution in [0, 0.1) is 6.92 Å². The normalized spacial score (nSPS) is 13.2. The second kappa shape index (κ2) is 9.47. The van der Waals surface area contributed by atoms with E-state index in [2.05, 4.69) is 30.4 Å². The number of carbonyl (C=O) groups excluding carboxylic acids is 1. The van der Waals surface area contributed by atoms with Crippen molar-refractivity contribution in [3.63, 3.8) is 0 Å². The predicted octanol–water partition coefficient (Wildman–Crippen LogP) is 5.49. The Morgan fingerprint density at radius 2 is 1.88 bits per heavy atom. The Labute approximate surface area is 191 Å². The smallest absolute Gasteiger partial charge is 0.356 e. The maximum Gasteiger partial charge on any atom is 0.471 e. The molecule has 8 nitrogen and oxygen atoms in total. The van der Waals surface area contributed by atoms with Crippen molar-refractivity contribution in [2.75, 3.05) is 28.6 Å². The number of nitrogens with zero attached hydrogens (tertiary/aromatic N) is 4. The van der Waals surface area contributed by atoms with Crippen LogP contribution in [0.3, 0.4) is 0 Å². The first-order valence-corrected chi connectivity index (χ1v) is 10.2. The molecule has 32 heavy (non-hydrogen) atoms. The lowest BCUT2D eigenvalue weighted by molar-refractivity contribution is -0.167. The van der Waals surface area contributed by atoms with E-state index in [-0.39, 0.29) is 17.4 Å². The van der Waals surface area contributed by atoms with Gasteiger partial charge >= 0.3 is 12.1 Å². The third kappa shape index (κ3) is 5.69. The number of anilines is 4. The maximum absolute atomic E-state index is 12.4. The lowest BCUT2D eigenvalue weighted by Crippen LogP contribution is -2.37. The summed E-state index contributed by atoms with van der Waals surface area (Å²) in [6, 6.07) is 9.70. The van der Waals surface area contributed by atoms with Crippen LogP contribution in [0.2, 0.25) is 0 Å². The number of nitrogens with one attached hydrogen (secondary N) is 3. The molecule has 0 saturated carbocycles. The minimum Gasteiger partial charge on any atom is -0.356 e. The molecular formula is C20H28F3N7OS. The van der Waals surface area contributed by atoms with Crippen molar-refractivity contribution < 1.29 is 22.2 Å². The molecule has 3 heterocycles. The van der Waals surface area contributed by atoms with Crippen LogP contribution in [-0.4, -0.2) is 45.3 Å². The topological polar surface area (TPSA) is 98.8 Å². The average molecular weight is 472 g/mol. The van der Waals surface area contributed by atoms with E-state index in [1.54, 1.807) is 12.1 Å².